The molecular formula is C15H22N2O2. The molecule has 1 aromatic rings. The van der Waals surface area contributed by atoms with Crippen LogP contribution in [0.15, 0.2) is 24.3 Å². The molecule has 0 heterocycles. The van der Waals surface area contributed by atoms with Crippen molar-refractivity contribution in [3.05, 3.63) is 24.3 Å². The molecule has 0 aliphatic carbocycles. The SMILES string of the molecule is CCOc1ccccc1OCCCC(C)(C#N)NC. The molecule has 0 aromatic heterocycles. The summed E-state index contributed by atoms with van der Waals surface area (Å²) in [5.74, 6) is 1.52. The molecule has 0 spiro atoms. The summed E-state index contributed by atoms with van der Waals surface area (Å²) in [4.78, 5) is 0. The van der Waals surface area contributed by atoms with Gasteiger partial charge in [0.05, 0.1) is 19.3 Å². The number of rotatable bonds is 8. The first-order valence-corrected chi connectivity index (χ1v) is 6.60. The highest BCUT2D eigenvalue weighted by Crippen LogP contribution is 2.26. The fraction of sp³-hybridized carbons (Fsp3) is 0.533. The van der Waals surface area contributed by atoms with Crippen LogP contribution in [-0.2, 0) is 0 Å². The smallest absolute Gasteiger partial charge is 0.161 e. The second-order valence-electron chi connectivity index (χ2n) is 4.53. The van der Waals surface area contributed by atoms with Gasteiger partial charge in [0.15, 0.2) is 11.5 Å². The van der Waals surface area contributed by atoms with Crippen LogP contribution in [0.4, 0.5) is 0 Å². The van der Waals surface area contributed by atoms with Gasteiger partial charge in [0.1, 0.15) is 5.54 Å². The number of hydrogen-bond acceptors (Lipinski definition) is 4. The Morgan fingerprint density at radius 1 is 1.26 bits per heavy atom. The van der Waals surface area contributed by atoms with E-state index in [1.807, 2.05) is 38.1 Å². The van der Waals surface area contributed by atoms with Gasteiger partial charge in [-0.3, -0.25) is 0 Å². The van der Waals surface area contributed by atoms with E-state index in [-0.39, 0.29) is 0 Å². The van der Waals surface area contributed by atoms with Crippen LogP contribution in [0.2, 0.25) is 0 Å². The van der Waals surface area contributed by atoms with Crippen molar-refractivity contribution in [2.45, 2.75) is 32.2 Å². The number of nitriles is 1. The van der Waals surface area contributed by atoms with Crippen molar-refractivity contribution in [2.75, 3.05) is 20.3 Å². The lowest BCUT2D eigenvalue weighted by molar-refractivity contribution is 0.262. The van der Waals surface area contributed by atoms with Crippen LogP contribution in [0.25, 0.3) is 0 Å². The van der Waals surface area contributed by atoms with Crippen LogP contribution >= 0.6 is 0 Å². The fourth-order valence-electron chi connectivity index (χ4n) is 1.69. The third-order valence-electron chi connectivity index (χ3n) is 3.03. The van der Waals surface area contributed by atoms with Crippen LogP contribution in [0, 0.1) is 11.3 Å². The largest absolute Gasteiger partial charge is 0.490 e. The first kappa shape index (κ1) is 15.3. The highest BCUT2D eigenvalue weighted by atomic mass is 16.5. The molecule has 4 heteroatoms. The van der Waals surface area contributed by atoms with Gasteiger partial charge in [-0.1, -0.05) is 12.1 Å². The molecule has 19 heavy (non-hydrogen) atoms. The molecule has 0 saturated carbocycles. The van der Waals surface area contributed by atoms with Crippen LogP contribution < -0.4 is 14.8 Å². The zero-order valence-electron chi connectivity index (χ0n) is 11.9. The maximum absolute atomic E-state index is 9.04. The summed E-state index contributed by atoms with van der Waals surface area (Å²) >= 11 is 0. The van der Waals surface area contributed by atoms with Crippen molar-refractivity contribution in [3.63, 3.8) is 0 Å². The van der Waals surface area contributed by atoms with Crippen molar-refractivity contribution >= 4 is 0 Å². The zero-order valence-corrected chi connectivity index (χ0v) is 11.9. The highest BCUT2D eigenvalue weighted by molar-refractivity contribution is 5.39. The molecular weight excluding hydrogens is 240 g/mol. The van der Waals surface area contributed by atoms with Crippen molar-refractivity contribution in [1.29, 1.82) is 5.26 Å². The highest BCUT2D eigenvalue weighted by Gasteiger charge is 2.20. The van der Waals surface area contributed by atoms with Gasteiger partial charge in [0.25, 0.3) is 0 Å². The van der Waals surface area contributed by atoms with Crippen molar-refractivity contribution in [3.8, 4) is 17.6 Å². The molecule has 0 radical (unpaired) electrons. The topological polar surface area (TPSA) is 54.3 Å². The van der Waals surface area contributed by atoms with Crippen LogP contribution in [0.3, 0.4) is 0 Å². The molecule has 1 atom stereocenters. The second-order valence-corrected chi connectivity index (χ2v) is 4.53. The van der Waals surface area contributed by atoms with Gasteiger partial charge in [-0.25, -0.2) is 0 Å². The molecule has 1 aromatic carbocycles. The molecule has 0 aliphatic heterocycles. The van der Waals surface area contributed by atoms with E-state index >= 15 is 0 Å². The van der Waals surface area contributed by atoms with Gasteiger partial charge in [-0.2, -0.15) is 5.26 Å². The quantitative estimate of drug-likeness (QED) is 0.732. The second kappa shape index (κ2) is 7.65. The van der Waals surface area contributed by atoms with Crippen LogP contribution in [0.5, 0.6) is 11.5 Å². The Morgan fingerprint density at radius 3 is 2.42 bits per heavy atom. The molecule has 0 amide bonds. The van der Waals surface area contributed by atoms with Gasteiger partial charge in [-0.15, -0.1) is 0 Å². The molecule has 1 rings (SSSR count). The standard InChI is InChI=1S/C15H22N2O2/c1-4-18-13-8-5-6-9-14(13)19-11-7-10-15(2,12-16)17-3/h5-6,8-9,17H,4,7,10-11H2,1-3H3. The lowest BCUT2D eigenvalue weighted by Gasteiger charge is -2.20. The van der Waals surface area contributed by atoms with Gasteiger partial charge in [0.2, 0.25) is 0 Å². The van der Waals surface area contributed by atoms with E-state index in [0.29, 0.717) is 13.2 Å². The number of hydrogen-bond donors (Lipinski definition) is 1. The lowest BCUT2D eigenvalue weighted by Crippen LogP contribution is -2.38. The monoisotopic (exact) mass is 262 g/mol. The minimum atomic E-state index is -0.483. The summed E-state index contributed by atoms with van der Waals surface area (Å²) in [5, 5.41) is 12.1. The maximum atomic E-state index is 9.04. The van der Waals surface area contributed by atoms with Crippen molar-refractivity contribution in [1.82, 2.24) is 5.32 Å². The Kier molecular flexibility index (Phi) is 6.17. The van der Waals surface area contributed by atoms with Crippen LogP contribution in [-0.4, -0.2) is 25.8 Å². The van der Waals surface area contributed by atoms with Gasteiger partial charge in [-0.05, 0) is 45.9 Å². The summed E-state index contributed by atoms with van der Waals surface area (Å²) in [6.45, 7) is 5.03. The number of para-hydroxylation sites is 2. The number of nitrogens with zero attached hydrogens (tertiary/aromatic N) is 1. The van der Waals surface area contributed by atoms with E-state index in [1.54, 1.807) is 7.05 Å². The number of nitrogens with one attached hydrogen (secondary N) is 1. The molecule has 4 nitrogen and oxygen atoms in total. The number of benzene rings is 1. The first-order valence-electron chi connectivity index (χ1n) is 6.60. The Hall–Kier alpha value is -1.73. The molecule has 0 aliphatic rings. The Balaban J connectivity index is 2.44. The summed E-state index contributed by atoms with van der Waals surface area (Å²) < 4.78 is 11.2. The van der Waals surface area contributed by atoms with E-state index in [4.69, 9.17) is 14.7 Å². The summed E-state index contributed by atoms with van der Waals surface area (Å²) in [6.07, 6.45) is 1.56. The molecule has 104 valence electrons. The normalized spacial score (nSPS) is 13.4. The minimum Gasteiger partial charge on any atom is -0.490 e. The van der Waals surface area contributed by atoms with Crippen LogP contribution in [0.1, 0.15) is 26.7 Å². The van der Waals surface area contributed by atoms with E-state index in [9.17, 15) is 0 Å². The maximum Gasteiger partial charge on any atom is 0.161 e. The number of ether oxygens (including phenoxy) is 2. The zero-order chi connectivity index (χ0) is 14.1. The predicted molar refractivity (Wildman–Crippen MR) is 75.4 cm³/mol. The third kappa shape index (κ3) is 4.80. The van der Waals surface area contributed by atoms with Crippen molar-refractivity contribution in [2.24, 2.45) is 0 Å². The Labute approximate surface area is 115 Å². The minimum absolute atomic E-state index is 0.483. The van der Waals surface area contributed by atoms with Gasteiger partial charge >= 0.3 is 0 Å². The first-order chi connectivity index (χ1) is 9.15. The molecule has 0 fully saturated rings. The lowest BCUT2D eigenvalue weighted by atomic mass is 9.98. The molecule has 0 bridgehead atoms. The fourth-order valence-corrected chi connectivity index (χ4v) is 1.69. The van der Waals surface area contributed by atoms with Gasteiger partial charge in [0, 0.05) is 0 Å². The summed E-state index contributed by atoms with van der Waals surface area (Å²) in [5.41, 5.74) is -0.483. The summed E-state index contributed by atoms with van der Waals surface area (Å²) in [7, 11) is 1.80. The average molecular weight is 262 g/mol. The van der Waals surface area contributed by atoms with Crippen molar-refractivity contribution < 1.29 is 9.47 Å². The molecule has 0 saturated heterocycles. The third-order valence-corrected chi connectivity index (χ3v) is 3.03. The molecule has 1 unspecified atom stereocenters. The molecule has 1 N–H and O–H groups in total. The Morgan fingerprint density at radius 2 is 1.89 bits per heavy atom. The van der Waals surface area contributed by atoms with E-state index < -0.39 is 5.54 Å². The van der Waals surface area contributed by atoms with E-state index in [1.165, 1.54) is 0 Å². The van der Waals surface area contributed by atoms with E-state index in [0.717, 1.165) is 24.3 Å². The summed E-state index contributed by atoms with van der Waals surface area (Å²) in [6, 6.07) is 9.90. The van der Waals surface area contributed by atoms with Gasteiger partial charge < -0.3 is 14.8 Å². The van der Waals surface area contributed by atoms with E-state index in [2.05, 4.69) is 11.4 Å². The predicted octanol–water partition coefficient (Wildman–Crippen LogP) is 2.75. The Bertz CT molecular complexity index is 428. The average Bonchev–Trinajstić information content (AvgIpc) is 2.45.